The van der Waals surface area contributed by atoms with Gasteiger partial charge in [-0.25, -0.2) is 4.79 Å². The molecule has 0 unspecified atom stereocenters. The van der Waals surface area contributed by atoms with Crippen molar-refractivity contribution in [2.45, 2.75) is 69.7 Å². The summed E-state index contributed by atoms with van der Waals surface area (Å²) in [4.78, 5) is 13.4. The van der Waals surface area contributed by atoms with Gasteiger partial charge in [-0.2, -0.15) is 0 Å². The van der Waals surface area contributed by atoms with Crippen molar-refractivity contribution in [3.05, 3.63) is 65.7 Å². The quantitative estimate of drug-likeness (QED) is 0.223. The molecule has 1 saturated heterocycles. The fourth-order valence-corrected chi connectivity index (χ4v) is 6.17. The van der Waals surface area contributed by atoms with Crippen LogP contribution in [-0.4, -0.2) is 30.5 Å². The Morgan fingerprint density at radius 3 is 2.32 bits per heavy atom. The van der Waals surface area contributed by atoms with E-state index in [0.717, 1.165) is 64.5 Å². The van der Waals surface area contributed by atoms with Crippen molar-refractivity contribution in [1.29, 1.82) is 5.41 Å². The number of amides is 2. The Hall–Kier alpha value is -2.86. The highest BCUT2D eigenvalue weighted by atomic mass is 16.2. The van der Waals surface area contributed by atoms with Crippen LogP contribution in [0.15, 0.2) is 54.6 Å². The third kappa shape index (κ3) is 5.61. The molecule has 2 aromatic rings. The number of amidine groups is 1. The molecule has 0 atom stereocenters. The Morgan fingerprint density at radius 1 is 0.941 bits per heavy atom. The highest BCUT2D eigenvalue weighted by molar-refractivity contribution is 5.97. The van der Waals surface area contributed by atoms with Crippen molar-refractivity contribution in [2.75, 3.05) is 18.4 Å². The zero-order chi connectivity index (χ0) is 23.9. The first-order valence-corrected chi connectivity index (χ1v) is 12.8. The molecule has 6 heteroatoms. The summed E-state index contributed by atoms with van der Waals surface area (Å²) in [7, 11) is 0. The molecule has 2 fully saturated rings. The Bertz CT molecular complexity index is 960. The van der Waals surface area contributed by atoms with E-state index in [0.29, 0.717) is 11.3 Å². The number of anilines is 1. The molecule has 2 amide bonds. The molecule has 1 saturated carbocycles. The maximum atomic E-state index is 13.4. The second-order valence-corrected chi connectivity index (χ2v) is 10.1. The van der Waals surface area contributed by atoms with E-state index in [1.165, 1.54) is 18.4 Å². The number of piperidine rings is 1. The van der Waals surface area contributed by atoms with Crippen molar-refractivity contribution in [3.63, 3.8) is 0 Å². The van der Waals surface area contributed by atoms with Crippen LogP contribution in [0.1, 0.15) is 68.9 Å². The molecule has 0 radical (unpaired) electrons. The molecule has 182 valence electrons. The van der Waals surface area contributed by atoms with Gasteiger partial charge in [0.1, 0.15) is 5.84 Å². The SMILES string of the molecule is N=C(N)c1cccc(NC(=O)NC2(C3(CCc4ccccc4)CCNCC3)CCCCCC2)c1. The smallest absolute Gasteiger partial charge is 0.319 e. The van der Waals surface area contributed by atoms with Gasteiger partial charge in [0.25, 0.3) is 0 Å². The normalized spacial score (nSPS) is 19.5. The van der Waals surface area contributed by atoms with Crippen molar-refractivity contribution in [2.24, 2.45) is 11.1 Å². The number of carbonyl (C=O) groups excluding carboxylic acids is 1. The molecule has 1 aliphatic heterocycles. The van der Waals surface area contributed by atoms with Crippen molar-refractivity contribution in [3.8, 4) is 0 Å². The number of nitrogen functional groups attached to an aromatic ring is 1. The van der Waals surface area contributed by atoms with Gasteiger partial charge < -0.3 is 21.7 Å². The molecule has 0 spiro atoms. The van der Waals surface area contributed by atoms with Crippen molar-refractivity contribution in [1.82, 2.24) is 10.6 Å². The summed E-state index contributed by atoms with van der Waals surface area (Å²) in [5.74, 6) is -0.00105. The number of carbonyl (C=O) groups is 1. The fourth-order valence-electron chi connectivity index (χ4n) is 6.17. The molecule has 4 rings (SSSR count). The average molecular weight is 462 g/mol. The first-order chi connectivity index (χ1) is 16.5. The number of nitrogens with one attached hydrogen (secondary N) is 4. The molecule has 1 heterocycles. The van der Waals surface area contributed by atoms with Gasteiger partial charge in [-0.05, 0) is 74.7 Å². The first kappa shape index (κ1) is 24.3. The van der Waals surface area contributed by atoms with Gasteiger partial charge in [0.05, 0.1) is 0 Å². The van der Waals surface area contributed by atoms with Gasteiger partial charge in [0.2, 0.25) is 0 Å². The molecular formula is C28H39N5O. The van der Waals surface area contributed by atoms with Crippen molar-refractivity contribution >= 4 is 17.6 Å². The number of nitrogens with two attached hydrogens (primary N) is 1. The van der Waals surface area contributed by atoms with E-state index < -0.39 is 0 Å². The van der Waals surface area contributed by atoms with E-state index in [1.807, 2.05) is 12.1 Å². The lowest BCUT2D eigenvalue weighted by atomic mass is 9.58. The number of aryl methyl sites for hydroxylation is 1. The first-order valence-electron chi connectivity index (χ1n) is 12.8. The fraction of sp³-hybridized carbons (Fsp3) is 0.500. The van der Waals surface area contributed by atoms with Gasteiger partial charge >= 0.3 is 6.03 Å². The lowest BCUT2D eigenvalue weighted by Gasteiger charge is -2.54. The Morgan fingerprint density at radius 2 is 1.65 bits per heavy atom. The predicted octanol–water partition coefficient (Wildman–Crippen LogP) is 5.19. The van der Waals surface area contributed by atoms with Crippen molar-refractivity contribution < 1.29 is 4.79 Å². The van der Waals surface area contributed by atoms with Gasteiger partial charge in [0.15, 0.2) is 0 Å². The minimum Gasteiger partial charge on any atom is -0.384 e. The van der Waals surface area contributed by atoms with Crippen LogP contribution in [0.2, 0.25) is 0 Å². The molecular weight excluding hydrogens is 422 g/mol. The highest BCUT2D eigenvalue weighted by Crippen LogP contribution is 2.50. The summed E-state index contributed by atoms with van der Waals surface area (Å²) in [6.07, 6.45) is 11.1. The van der Waals surface area contributed by atoms with E-state index in [1.54, 1.807) is 12.1 Å². The van der Waals surface area contributed by atoms with Crippen LogP contribution < -0.4 is 21.7 Å². The van der Waals surface area contributed by atoms with E-state index >= 15 is 0 Å². The molecule has 1 aliphatic carbocycles. The van der Waals surface area contributed by atoms with E-state index in [4.69, 9.17) is 11.1 Å². The number of benzene rings is 2. The molecule has 6 nitrogen and oxygen atoms in total. The number of rotatable bonds is 7. The number of hydrogen-bond donors (Lipinski definition) is 5. The Kier molecular flexibility index (Phi) is 7.88. The van der Waals surface area contributed by atoms with Crippen LogP contribution in [0.5, 0.6) is 0 Å². The maximum Gasteiger partial charge on any atom is 0.319 e. The zero-order valence-corrected chi connectivity index (χ0v) is 20.2. The lowest BCUT2D eigenvalue weighted by molar-refractivity contribution is 0.0312. The summed E-state index contributed by atoms with van der Waals surface area (Å²) < 4.78 is 0. The van der Waals surface area contributed by atoms with Gasteiger partial charge in [0, 0.05) is 16.8 Å². The topological polar surface area (TPSA) is 103 Å². The zero-order valence-electron chi connectivity index (χ0n) is 20.2. The number of urea groups is 1. The molecule has 6 N–H and O–H groups in total. The van der Waals surface area contributed by atoms with Crippen LogP contribution >= 0.6 is 0 Å². The molecule has 0 aromatic heterocycles. The Labute approximate surface area is 203 Å². The van der Waals surface area contributed by atoms with Crippen LogP contribution in [-0.2, 0) is 6.42 Å². The molecule has 0 bridgehead atoms. The van der Waals surface area contributed by atoms with E-state index in [-0.39, 0.29) is 22.8 Å². The summed E-state index contributed by atoms with van der Waals surface area (Å²) in [5.41, 5.74) is 8.14. The van der Waals surface area contributed by atoms with E-state index in [9.17, 15) is 4.79 Å². The standard InChI is InChI=1S/C28H39N5O/c29-25(30)23-11-8-12-24(21-23)32-26(34)33-28(14-6-1-2-7-15-28)27(17-19-31-20-18-27)16-13-22-9-4-3-5-10-22/h3-5,8-12,21,31H,1-2,6-7,13-20H2,(H3,29,30)(H2,32,33,34). The van der Waals surface area contributed by atoms with Gasteiger partial charge in [-0.15, -0.1) is 0 Å². The minimum absolute atomic E-state index is 0.00105. The summed E-state index contributed by atoms with van der Waals surface area (Å²) >= 11 is 0. The van der Waals surface area contributed by atoms with Gasteiger partial charge in [-0.3, -0.25) is 5.41 Å². The van der Waals surface area contributed by atoms with Crippen LogP contribution in [0, 0.1) is 10.8 Å². The summed E-state index contributed by atoms with van der Waals surface area (Å²) in [6, 6.07) is 17.8. The molecule has 2 aliphatic rings. The third-order valence-corrected chi connectivity index (χ3v) is 8.05. The summed E-state index contributed by atoms with van der Waals surface area (Å²) in [5, 5.41) is 17.9. The van der Waals surface area contributed by atoms with Crippen LogP contribution in [0.4, 0.5) is 10.5 Å². The van der Waals surface area contributed by atoms with Crippen LogP contribution in [0.25, 0.3) is 0 Å². The number of hydrogen-bond acceptors (Lipinski definition) is 3. The maximum absolute atomic E-state index is 13.4. The predicted molar refractivity (Wildman–Crippen MR) is 139 cm³/mol. The molecule has 34 heavy (non-hydrogen) atoms. The summed E-state index contributed by atoms with van der Waals surface area (Å²) in [6.45, 7) is 2.00. The monoisotopic (exact) mass is 461 g/mol. The van der Waals surface area contributed by atoms with E-state index in [2.05, 4.69) is 46.3 Å². The third-order valence-electron chi connectivity index (χ3n) is 8.05. The highest BCUT2D eigenvalue weighted by Gasteiger charge is 2.51. The minimum atomic E-state index is -0.220. The second-order valence-electron chi connectivity index (χ2n) is 10.1. The average Bonchev–Trinajstić information content (AvgIpc) is 3.11. The Balaban J connectivity index is 1.59. The van der Waals surface area contributed by atoms with Gasteiger partial charge in [-0.1, -0.05) is 68.1 Å². The van der Waals surface area contributed by atoms with Crippen LogP contribution in [0.3, 0.4) is 0 Å². The largest absolute Gasteiger partial charge is 0.384 e. The lowest BCUT2D eigenvalue weighted by Crippen LogP contribution is -2.63. The second kappa shape index (κ2) is 11.0. The molecule has 2 aromatic carbocycles.